The van der Waals surface area contributed by atoms with Gasteiger partial charge >= 0.3 is 0 Å². The summed E-state index contributed by atoms with van der Waals surface area (Å²) in [6, 6.07) is 2.34. The van der Waals surface area contributed by atoms with Crippen LogP contribution in [0, 0.1) is 0 Å². The van der Waals surface area contributed by atoms with Crippen molar-refractivity contribution in [2.75, 3.05) is 21.3 Å². The summed E-state index contributed by atoms with van der Waals surface area (Å²) in [4.78, 5) is 15.9. The molecule has 0 saturated carbocycles. The smallest absolute Gasteiger partial charge is 0.257 e. The summed E-state index contributed by atoms with van der Waals surface area (Å²) < 4.78 is 35.5. The standard InChI is InChI=1S/C13H21N3O5S/c1-5-10(13(20-3)21-4)16-12(17)9-6-7-11(15-8-9)22(18,19)14-2/h6-8,10,13-14H,5H2,1-4H3,(H,16,17). The van der Waals surface area contributed by atoms with E-state index < -0.39 is 16.3 Å². The van der Waals surface area contributed by atoms with E-state index in [0.717, 1.165) is 0 Å². The minimum Gasteiger partial charge on any atom is -0.354 e. The predicted molar refractivity (Wildman–Crippen MR) is 79.8 cm³/mol. The van der Waals surface area contributed by atoms with Crippen LogP contribution in [0.4, 0.5) is 0 Å². The largest absolute Gasteiger partial charge is 0.354 e. The molecule has 1 aromatic heterocycles. The minimum absolute atomic E-state index is 0.148. The highest BCUT2D eigenvalue weighted by Gasteiger charge is 2.22. The van der Waals surface area contributed by atoms with Crippen molar-refractivity contribution >= 4 is 15.9 Å². The summed E-state index contributed by atoms with van der Waals surface area (Å²) in [6.45, 7) is 1.89. The number of rotatable bonds is 8. The Kier molecular flexibility index (Phi) is 6.88. The molecule has 1 unspecified atom stereocenters. The highest BCUT2D eigenvalue weighted by atomic mass is 32.2. The van der Waals surface area contributed by atoms with Gasteiger partial charge in [0.2, 0.25) is 0 Å². The van der Waals surface area contributed by atoms with Crippen molar-refractivity contribution < 1.29 is 22.7 Å². The lowest BCUT2D eigenvalue weighted by atomic mass is 10.2. The van der Waals surface area contributed by atoms with E-state index in [9.17, 15) is 13.2 Å². The second kappa shape index (κ2) is 8.18. The van der Waals surface area contributed by atoms with Crippen LogP contribution in [0.1, 0.15) is 23.7 Å². The Hall–Kier alpha value is -1.55. The summed E-state index contributed by atoms with van der Waals surface area (Å²) >= 11 is 0. The van der Waals surface area contributed by atoms with E-state index in [0.29, 0.717) is 6.42 Å². The topological polar surface area (TPSA) is 107 Å². The molecule has 0 bridgehead atoms. The second-order valence-electron chi connectivity index (χ2n) is 4.42. The molecule has 1 atom stereocenters. The van der Waals surface area contributed by atoms with Gasteiger partial charge in [0.05, 0.1) is 11.6 Å². The van der Waals surface area contributed by atoms with Gasteiger partial charge in [0.15, 0.2) is 11.3 Å². The van der Waals surface area contributed by atoms with Crippen LogP contribution in [-0.2, 0) is 19.5 Å². The van der Waals surface area contributed by atoms with E-state index in [1.165, 1.54) is 39.6 Å². The fraction of sp³-hybridized carbons (Fsp3) is 0.538. The molecule has 0 aromatic carbocycles. The quantitative estimate of drug-likeness (QED) is 0.655. The summed E-state index contributed by atoms with van der Waals surface area (Å²) in [5.74, 6) is -0.383. The first-order valence-electron chi connectivity index (χ1n) is 6.65. The lowest BCUT2D eigenvalue weighted by molar-refractivity contribution is -0.121. The molecule has 8 nitrogen and oxygen atoms in total. The van der Waals surface area contributed by atoms with Gasteiger partial charge in [0, 0.05) is 20.4 Å². The van der Waals surface area contributed by atoms with Crippen LogP contribution in [-0.4, -0.2) is 52.9 Å². The van der Waals surface area contributed by atoms with Crippen LogP contribution in [0.15, 0.2) is 23.4 Å². The zero-order chi connectivity index (χ0) is 16.8. The summed E-state index contributed by atoms with van der Waals surface area (Å²) in [5.41, 5.74) is 0.249. The number of carbonyl (C=O) groups is 1. The first-order chi connectivity index (χ1) is 10.4. The lowest BCUT2D eigenvalue weighted by Crippen LogP contribution is -2.44. The molecule has 2 N–H and O–H groups in total. The van der Waals surface area contributed by atoms with Crippen LogP contribution in [0.5, 0.6) is 0 Å². The Labute approximate surface area is 130 Å². The van der Waals surface area contributed by atoms with Gasteiger partial charge in [0.1, 0.15) is 0 Å². The van der Waals surface area contributed by atoms with Gasteiger partial charge in [0.25, 0.3) is 15.9 Å². The number of carbonyl (C=O) groups excluding carboxylic acids is 1. The molecule has 0 aliphatic rings. The van der Waals surface area contributed by atoms with Crippen molar-refractivity contribution in [1.82, 2.24) is 15.0 Å². The average Bonchev–Trinajstić information content (AvgIpc) is 2.54. The van der Waals surface area contributed by atoms with E-state index in [-0.39, 0.29) is 22.5 Å². The Balaban J connectivity index is 2.86. The molecule has 0 radical (unpaired) electrons. The van der Waals surface area contributed by atoms with Crippen LogP contribution >= 0.6 is 0 Å². The molecule has 22 heavy (non-hydrogen) atoms. The zero-order valence-electron chi connectivity index (χ0n) is 13.0. The van der Waals surface area contributed by atoms with Crippen molar-refractivity contribution in [1.29, 1.82) is 0 Å². The fourth-order valence-corrected chi connectivity index (χ4v) is 2.46. The molecule has 1 heterocycles. The number of sulfonamides is 1. The highest BCUT2D eigenvalue weighted by Crippen LogP contribution is 2.09. The maximum Gasteiger partial charge on any atom is 0.257 e. The van der Waals surface area contributed by atoms with Gasteiger partial charge in [-0.2, -0.15) is 0 Å². The third-order valence-corrected chi connectivity index (χ3v) is 4.42. The Morgan fingerprint density at radius 3 is 2.36 bits per heavy atom. The first kappa shape index (κ1) is 18.5. The third-order valence-electron chi connectivity index (χ3n) is 3.09. The third kappa shape index (κ3) is 4.47. The molecular weight excluding hydrogens is 310 g/mol. The van der Waals surface area contributed by atoms with E-state index in [2.05, 4.69) is 15.0 Å². The second-order valence-corrected chi connectivity index (χ2v) is 6.25. The average molecular weight is 331 g/mol. The number of pyridine rings is 1. The van der Waals surface area contributed by atoms with E-state index in [1.807, 2.05) is 6.92 Å². The van der Waals surface area contributed by atoms with Gasteiger partial charge in [-0.1, -0.05) is 6.92 Å². The van der Waals surface area contributed by atoms with Crippen molar-refractivity contribution in [3.05, 3.63) is 23.9 Å². The van der Waals surface area contributed by atoms with E-state index >= 15 is 0 Å². The zero-order valence-corrected chi connectivity index (χ0v) is 13.8. The van der Waals surface area contributed by atoms with Gasteiger partial charge in [-0.15, -0.1) is 0 Å². The SMILES string of the molecule is CCC(NC(=O)c1ccc(S(=O)(=O)NC)nc1)C(OC)OC. The van der Waals surface area contributed by atoms with Crippen molar-refractivity contribution in [3.63, 3.8) is 0 Å². The fourth-order valence-electron chi connectivity index (χ4n) is 1.82. The Morgan fingerprint density at radius 1 is 1.32 bits per heavy atom. The Morgan fingerprint density at radius 2 is 1.95 bits per heavy atom. The molecule has 0 fully saturated rings. The molecule has 1 amide bonds. The number of hydrogen-bond donors (Lipinski definition) is 2. The van der Waals surface area contributed by atoms with E-state index in [1.54, 1.807) is 0 Å². The molecule has 0 aliphatic heterocycles. The van der Waals surface area contributed by atoms with Gasteiger partial charge in [-0.3, -0.25) is 4.79 Å². The Bertz CT molecular complexity index is 584. The highest BCUT2D eigenvalue weighted by molar-refractivity contribution is 7.89. The van der Waals surface area contributed by atoms with E-state index in [4.69, 9.17) is 9.47 Å². The molecule has 1 rings (SSSR count). The normalized spacial score (nSPS) is 13.1. The molecule has 124 valence electrons. The molecule has 9 heteroatoms. The summed E-state index contributed by atoms with van der Waals surface area (Å²) in [5, 5.41) is 2.62. The van der Waals surface area contributed by atoms with Gasteiger partial charge < -0.3 is 14.8 Å². The van der Waals surface area contributed by atoms with Gasteiger partial charge in [-0.05, 0) is 25.6 Å². The number of ether oxygens (including phenoxy) is 2. The molecule has 0 aliphatic carbocycles. The number of amides is 1. The first-order valence-corrected chi connectivity index (χ1v) is 8.14. The van der Waals surface area contributed by atoms with Crippen LogP contribution in [0.3, 0.4) is 0 Å². The molecule has 1 aromatic rings. The number of aromatic nitrogens is 1. The minimum atomic E-state index is -3.62. The molecular formula is C13H21N3O5S. The van der Waals surface area contributed by atoms with Crippen LogP contribution in [0.2, 0.25) is 0 Å². The molecule has 0 saturated heterocycles. The van der Waals surface area contributed by atoms with Gasteiger partial charge in [-0.25, -0.2) is 18.1 Å². The van der Waals surface area contributed by atoms with Crippen LogP contribution in [0.25, 0.3) is 0 Å². The van der Waals surface area contributed by atoms with Crippen LogP contribution < -0.4 is 10.0 Å². The van der Waals surface area contributed by atoms with Crippen molar-refractivity contribution in [3.8, 4) is 0 Å². The lowest BCUT2D eigenvalue weighted by Gasteiger charge is -2.24. The maximum absolute atomic E-state index is 12.2. The predicted octanol–water partition coefficient (Wildman–Crippen LogP) is 0.117. The number of nitrogens with zero attached hydrogens (tertiary/aromatic N) is 1. The maximum atomic E-state index is 12.2. The van der Waals surface area contributed by atoms with Crippen molar-refractivity contribution in [2.24, 2.45) is 0 Å². The monoisotopic (exact) mass is 331 g/mol. The molecule has 0 spiro atoms. The van der Waals surface area contributed by atoms with Crippen molar-refractivity contribution in [2.45, 2.75) is 30.7 Å². The summed E-state index contributed by atoms with van der Waals surface area (Å²) in [7, 11) is 0.644. The summed E-state index contributed by atoms with van der Waals surface area (Å²) in [6.07, 6.45) is 1.25. The number of methoxy groups -OCH3 is 2. The number of nitrogens with one attached hydrogen (secondary N) is 2. The number of hydrogen-bond acceptors (Lipinski definition) is 6.